The minimum atomic E-state index is 0.798. The van der Waals surface area contributed by atoms with Crippen molar-refractivity contribution in [1.29, 1.82) is 0 Å². The first kappa shape index (κ1) is 10.0. The molecule has 0 saturated heterocycles. The third-order valence-corrected chi connectivity index (χ3v) is 4.11. The van der Waals surface area contributed by atoms with Crippen molar-refractivity contribution in [1.82, 2.24) is 0 Å². The molecule has 2 aromatic rings. The summed E-state index contributed by atoms with van der Waals surface area (Å²) in [5.41, 5.74) is 0. The summed E-state index contributed by atoms with van der Waals surface area (Å²) in [5.74, 6) is 0.798. The first-order valence-electron chi connectivity index (χ1n) is 4.31. The van der Waals surface area contributed by atoms with Gasteiger partial charge in [-0.1, -0.05) is 12.1 Å². The van der Waals surface area contributed by atoms with Crippen molar-refractivity contribution >= 4 is 41.4 Å². The summed E-state index contributed by atoms with van der Waals surface area (Å²) in [6.07, 6.45) is 4.18. The van der Waals surface area contributed by atoms with E-state index in [0.29, 0.717) is 0 Å². The Labute approximate surface area is 97.3 Å². The average molecular weight is 238 g/mol. The SMILES string of the molecule is SCC=Cc1ccc(-c2cccs2)s1. The van der Waals surface area contributed by atoms with Crippen LogP contribution >= 0.6 is 35.3 Å². The lowest BCUT2D eigenvalue weighted by atomic mass is 10.3. The maximum absolute atomic E-state index is 4.14. The van der Waals surface area contributed by atoms with Crippen molar-refractivity contribution in [3.05, 3.63) is 40.6 Å². The number of rotatable bonds is 3. The smallest absolute Gasteiger partial charge is 0.0448 e. The van der Waals surface area contributed by atoms with Crippen molar-refractivity contribution in [2.24, 2.45) is 0 Å². The molecule has 3 heteroatoms. The molecule has 0 bridgehead atoms. The van der Waals surface area contributed by atoms with Crippen LogP contribution in [0.15, 0.2) is 35.7 Å². The lowest BCUT2D eigenvalue weighted by Crippen LogP contribution is -1.59. The molecule has 0 aliphatic carbocycles. The van der Waals surface area contributed by atoms with E-state index in [1.54, 1.807) is 11.3 Å². The zero-order chi connectivity index (χ0) is 9.80. The third-order valence-electron chi connectivity index (χ3n) is 1.78. The van der Waals surface area contributed by atoms with Crippen LogP contribution in [0.3, 0.4) is 0 Å². The van der Waals surface area contributed by atoms with E-state index in [1.165, 1.54) is 14.6 Å². The molecular formula is C11H10S3. The van der Waals surface area contributed by atoms with Crippen LogP contribution in [0.1, 0.15) is 4.88 Å². The largest absolute Gasteiger partial charge is 0.175 e. The predicted octanol–water partition coefficient (Wildman–Crippen LogP) is 4.42. The molecular weight excluding hydrogens is 228 g/mol. The third kappa shape index (κ3) is 2.29. The average Bonchev–Trinajstić information content (AvgIpc) is 2.85. The zero-order valence-electron chi connectivity index (χ0n) is 7.51. The van der Waals surface area contributed by atoms with Gasteiger partial charge in [-0.25, -0.2) is 0 Å². The fourth-order valence-corrected chi connectivity index (χ4v) is 3.04. The molecule has 0 N–H and O–H groups in total. The number of thiophene rings is 2. The molecule has 72 valence electrons. The quantitative estimate of drug-likeness (QED) is 0.752. The van der Waals surface area contributed by atoms with E-state index in [-0.39, 0.29) is 0 Å². The number of thiol groups is 1. The van der Waals surface area contributed by atoms with Gasteiger partial charge in [0.25, 0.3) is 0 Å². The molecule has 0 saturated carbocycles. The molecule has 2 aromatic heterocycles. The van der Waals surface area contributed by atoms with Crippen LogP contribution in [-0.4, -0.2) is 5.75 Å². The highest BCUT2D eigenvalue weighted by atomic mass is 32.1. The van der Waals surface area contributed by atoms with Crippen molar-refractivity contribution in [3.63, 3.8) is 0 Å². The molecule has 14 heavy (non-hydrogen) atoms. The minimum absolute atomic E-state index is 0.798. The lowest BCUT2D eigenvalue weighted by Gasteiger charge is -1.87. The van der Waals surface area contributed by atoms with E-state index < -0.39 is 0 Å². The normalized spacial score (nSPS) is 11.2. The van der Waals surface area contributed by atoms with Gasteiger partial charge in [-0.3, -0.25) is 0 Å². The van der Waals surface area contributed by atoms with E-state index in [4.69, 9.17) is 0 Å². The minimum Gasteiger partial charge on any atom is -0.175 e. The van der Waals surface area contributed by atoms with E-state index in [0.717, 1.165) is 5.75 Å². The summed E-state index contributed by atoms with van der Waals surface area (Å²) in [5, 5.41) is 2.11. The summed E-state index contributed by atoms with van der Waals surface area (Å²) < 4.78 is 0. The van der Waals surface area contributed by atoms with Crippen molar-refractivity contribution in [2.75, 3.05) is 5.75 Å². The fourth-order valence-electron chi connectivity index (χ4n) is 1.16. The van der Waals surface area contributed by atoms with Gasteiger partial charge in [0.1, 0.15) is 0 Å². The van der Waals surface area contributed by atoms with Crippen LogP contribution in [-0.2, 0) is 0 Å². The molecule has 2 rings (SSSR count). The van der Waals surface area contributed by atoms with Gasteiger partial charge >= 0.3 is 0 Å². The fraction of sp³-hybridized carbons (Fsp3) is 0.0909. The standard InChI is InChI=1S/C11H10S3/c12-7-1-3-9-5-6-11(14-9)10-4-2-8-13-10/h1-6,8,12H,7H2. The van der Waals surface area contributed by atoms with Gasteiger partial charge in [-0.15, -0.1) is 22.7 Å². The van der Waals surface area contributed by atoms with Gasteiger partial charge in [-0.05, 0) is 29.7 Å². The topological polar surface area (TPSA) is 0 Å². The second-order valence-electron chi connectivity index (χ2n) is 2.76. The Morgan fingerprint density at radius 2 is 2.14 bits per heavy atom. The molecule has 0 aliphatic rings. The molecule has 0 fully saturated rings. The van der Waals surface area contributed by atoms with Gasteiger partial charge in [-0.2, -0.15) is 12.6 Å². The summed E-state index contributed by atoms with van der Waals surface area (Å²) in [4.78, 5) is 3.99. The highest BCUT2D eigenvalue weighted by molar-refractivity contribution is 7.80. The van der Waals surface area contributed by atoms with Crippen molar-refractivity contribution in [3.8, 4) is 9.75 Å². The monoisotopic (exact) mass is 238 g/mol. The predicted molar refractivity (Wildman–Crippen MR) is 70.5 cm³/mol. The number of hydrogen-bond donors (Lipinski definition) is 1. The van der Waals surface area contributed by atoms with Crippen LogP contribution in [0.4, 0.5) is 0 Å². The maximum atomic E-state index is 4.14. The molecule has 0 spiro atoms. The van der Waals surface area contributed by atoms with Gasteiger partial charge in [0, 0.05) is 20.4 Å². The molecule has 2 heterocycles. The van der Waals surface area contributed by atoms with Crippen LogP contribution in [0, 0.1) is 0 Å². The van der Waals surface area contributed by atoms with E-state index >= 15 is 0 Å². The second-order valence-corrected chi connectivity index (χ2v) is 5.19. The molecule has 0 radical (unpaired) electrons. The summed E-state index contributed by atoms with van der Waals surface area (Å²) in [6, 6.07) is 8.57. The molecule has 0 amide bonds. The summed E-state index contributed by atoms with van der Waals surface area (Å²) >= 11 is 7.74. The van der Waals surface area contributed by atoms with Crippen LogP contribution in [0.5, 0.6) is 0 Å². The molecule has 0 unspecified atom stereocenters. The Morgan fingerprint density at radius 3 is 2.86 bits per heavy atom. The Balaban J connectivity index is 2.22. The summed E-state index contributed by atoms with van der Waals surface area (Å²) in [7, 11) is 0. The Hall–Kier alpha value is -0.510. The van der Waals surface area contributed by atoms with E-state index in [1.807, 2.05) is 11.3 Å². The highest BCUT2D eigenvalue weighted by Gasteiger charge is 2.00. The molecule has 0 nitrogen and oxygen atoms in total. The van der Waals surface area contributed by atoms with Gasteiger partial charge in [0.2, 0.25) is 0 Å². The number of hydrogen-bond acceptors (Lipinski definition) is 3. The zero-order valence-corrected chi connectivity index (χ0v) is 10.0. The summed E-state index contributed by atoms with van der Waals surface area (Å²) in [6.45, 7) is 0. The van der Waals surface area contributed by atoms with E-state index in [2.05, 4.69) is 54.4 Å². The second kappa shape index (κ2) is 4.82. The van der Waals surface area contributed by atoms with Gasteiger partial charge < -0.3 is 0 Å². The van der Waals surface area contributed by atoms with Crippen LogP contribution in [0.25, 0.3) is 15.8 Å². The van der Waals surface area contributed by atoms with Crippen LogP contribution < -0.4 is 0 Å². The Bertz CT molecular complexity index is 409. The first-order chi connectivity index (χ1) is 6.90. The highest BCUT2D eigenvalue weighted by Crippen LogP contribution is 2.31. The molecule has 0 atom stereocenters. The van der Waals surface area contributed by atoms with Crippen molar-refractivity contribution < 1.29 is 0 Å². The Kier molecular flexibility index (Phi) is 3.45. The van der Waals surface area contributed by atoms with Gasteiger partial charge in [0.05, 0.1) is 0 Å². The maximum Gasteiger partial charge on any atom is 0.0448 e. The van der Waals surface area contributed by atoms with Crippen LogP contribution in [0.2, 0.25) is 0 Å². The first-order valence-corrected chi connectivity index (χ1v) is 6.64. The van der Waals surface area contributed by atoms with Gasteiger partial charge in [0.15, 0.2) is 0 Å². The molecule has 0 aliphatic heterocycles. The Morgan fingerprint density at radius 1 is 1.21 bits per heavy atom. The van der Waals surface area contributed by atoms with Crippen molar-refractivity contribution in [2.45, 2.75) is 0 Å². The lowest BCUT2D eigenvalue weighted by molar-refractivity contribution is 1.82. The molecule has 0 aromatic carbocycles. The van der Waals surface area contributed by atoms with E-state index in [9.17, 15) is 0 Å².